The van der Waals surface area contributed by atoms with Crippen molar-refractivity contribution >= 4 is 0 Å². The van der Waals surface area contributed by atoms with Crippen LogP contribution in [-0.4, -0.2) is 19.1 Å². The molecular formula is C23H22N4Pd. The number of hydrogen-bond donors (Lipinski definition) is 0. The van der Waals surface area contributed by atoms with Crippen molar-refractivity contribution in [1.82, 2.24) is 19.1 Å². The van der Waals surface area contributed by atoms with Gasteiger partial charge in [-0.3, -0.25) is 9.97 Å². The topological polar surface area (TPSA) is 35.6 Å². The third-order valence-electron chi connectivity index (χ3n) is 4.77. The molecule has 4 aromatic heterocycles. The maximum Gasteiger partial charge on any atom is 2.00 e. The van der Waals surface area contributed by atoms with Crippen LogP contribution >= 0.6 is 0 Å². The van der Waals surface area contributed by atoms with Crippen LogP contribution in [0.3, 0.4) is 0 Å². The fraction of sp³-hybridized carbons (Fsp3) is 0.217. The first kappa shape index (κ1) is 20.3. The predicted molar refractivity (Wildman–Crippen MR) is 106 cm³/mol. The monoisotopic (exact) mass is 460 g/mol. The van der Waals surface area contributed by atoms with Crippen molar-refractivity contribution in [1.29, 1.82) is 0 Å². The van der Waals surface area contributed by atoms with E-state index in [1.165, 1.54) is 0 Å². The number of hydrogen-bond acceptors (Lipinski definition) is 2. The van der Waals surface area contributed by atoms with Crippen molar-refractivity contribution in [3.63, 3.8) is 0 Å². The third-order valence-corrected chi connectivity index (χ3v) is 4.77. The maximum atomic E-state index is 4.89. The summed E-state index contributed by atoms with van der Waals surface area (Å²) in [7, 11) is 0. The van der Waals surface area contributed by atoms with Crippen LogP contribution in [0, 0.1) is 26.2 Å². The Hall–Kier alpha value is -2.48. The molecule has 0 atom stereocenters. The van der Waals surface area contributed by atoms with Crippen LogP contribution in [0.25, 0.3) is 11.6 Å². The van der Waals surface area contributed by atoms with E-state index < -0.39 is 0 Å². The van der Waals surface area contributed by atoms with Gasteiger partial charge in [0.25, 0.3) is 0 Å². The van der Waals surface area contributed by atoms with Gasteiger partial charge in [0, 0.05) is 16.8 Å². The Bertz CT molecular complexity index is 1010. The first-order valence-corrected chi connectivity index (χ1v) is 9.03. The summed E-state index contributed by atoms with van der Waals surface area (Å²) in [5.41, 5.74) is 3.92. The van der Waals surface area contributed by atoms with Crippen LogP contribution in [-0.2, 0) is 25.8 Å². The van der Waals surface area contributed by atoms with Crippen molar-refractivity contribution in [3.05, 3.63) is 95.8 Å². The van der Waals surface area contributed by atoms with Gasteiger partial charge in [-0.1, -0.05) is 50.5 Å². The van der Waals surface area contributed by atoms with Gasteiger partial charge in [0.2, 0.25) is 0 Å². The van der Waals surface area contributed by atoms with Gasteiger partial charge in [-0.2, -0.15) is 0 Å². The second kappa shape index (κ2) is 7.87. The van der Waals surface area contributed by atoms with Crippen molar-refractivity contribution in [2.24, 2.45) is 0 Å². The van der Waals surface area contributed by atoms with E-state index in [-0.39, 0.29) is 25.8 Å². The minimum absolute atomic E-state index is 0. The molecule has 4 aromatic rings. The van der Waals surface area contributed by atoms with Crippen LogP contribution in [0.1, 0.15) is 36.4 Å². The summed E-state index contributed by atoms with van der Waals surface area (Å²) in [6.07, 6.45) is 10.5. The Labute approximate surface area is 179 Å². The Morgan fingerprint density at radius 2 is 1.18 bits per heavy atom. The summed E-state index contributed by atoms with van der Waals surface area (Å²) in [6.45, 7) is 8.41. The van der Waals surface area contributed by atoms with E-state index in [9.17, 15) is 0 Å². The summed E-state index contributed by atoms with van der Waals surface area (Å²) >= 11 is 0. The van der Waals surface area contributed by atoms with E-state index in [1.807, 2.05) is 57.9 Å². The molecule has 0 radical (unpaired) electrons. The van der Waals surface area contributed by atoms with Crippen molar-refractivity contribution in [2.75, 3.05) is 0 Å². The van der Waals surface area contributed by atoms with Gasteiger partial charge >= 0.3 is 20.4 Å². The molecule has 0 fully saturated rings. The second-order valence-electron chi connectivity index (χ2n) is 7.42. The molecule has 0 saturated carbocycles. The number of pyridine rings is 2. The zero-order valence-corrected chi connectivity index (χ0v) is 17.9. The second-order valence-corrected chi connectivity index (χ2v) is 7.42. The van der Waals surface area contributed by atoms with Gasteiger partial charge in [0.15, 0.2) is 0 Å². The van der Waals surface area contributed by atoms with E-state index in [2.05, 4.69) is 52.2 Å². The van der Waals surface area contributed by atoms with Gasteiger partial charge in [-0.05, 0) is 26.0 Å². The molecule has 0 aliphatic rings. The molecule has 0 saturated heterocycles. The molecule has 5 heteroatoms. The number of nitrogens with zero attached hydrogens (tertiary/aromatic N) is 4. The molecule has 0 aromatic carbocycles. The number of aryl methyl sites for hydroxylation is 2. The SMILES string of the molecule is Cc1c[c-]n(-c2cccc(C(C)(C)c3cccc(-n4[c-]cc(C)c4)n3)n2)c1.[Pd+2]. The molecule has 0 aliphatic carbocycles. The van der Waals surface area contributed by atoms with Crippen LogP contribution in [0.15, 0.2) is 60.9 Å². The van der Waals surface area contributed by atoms with Gasteiger partial charge in [-0.25, -0.2) is 0 Å². The van der Waals surface area contributed by atoms with E-state index in [0.29, 0.717) is 0 Å². The average Bonchev–Trinajstić information content (AvgIpc) is 3.30. The fourth-order valence-corrected chi connectivity index (χ4v) is 3.11. The molecule has 4 heterocycles. The maximum absolute atomic E-state index is 4.89. The third kappa shape index (κ3) is 3.87. The summed E-state index contributed by atoms with van der Waals surface area (Å²) in [5.74, 6) is 1.72. The Morgan fingerprint density at radius 3 is 1.54 bits per heavy atom. The average molecular weight is 461 g/mol. The minimum atomic E-state index is -0.337. The number of rotatable bonds is 4. The van der Waals surface area contributed by atoms with Crippen molar-refractivity contribution < 1.29 is 20.4 Å². The predicted octanol–water partition coefficient (Wildman–Crippen LogP) is 4.60. The Kier molecular flexibility index (Phi) is 5.69. The van der Waals surface area contributed by atoms with Crippen molar-refractivity contribution in [3.8, 4) is 11.6 Å². The Morgan fingerprint density at radius 1 is 0.750 bits per heavy atom. The van der Waals surface area contributed by atoms with E-state index in [1.54, 1.807) is 0 Å². The molecular weight excluding hydrogens is 439 g/mol. The summed E-state index contributed by atoms with van der Waals surface area (Å²) in [4.78, 5) is 9.78. The minimum Gasteiger partial charge on any atom is -0.435 e. The molecule has 0 amide bonds. The summed E-state index contributed by atoms with van der Waals surface area (Å²) < 4.78 is 3.85. The standard InChI is InChI=1S/C23H22N4.Pd/c1-17-11-13-26(15-17)21-9-5-7-19(24-21)23(3,4)20-8-6-10-22(25-20)27-14-12-18(2)16-27;/h5-12,15-16H,1-4H3;/q-2;+2. The van der Waals surface area contributed by atoms with Gasteiger partial charge in [0.1, 0.15) is 0 Å². The summed E-state index contributed by atoms with van der Waals surface area (Å²) in [6, 6.07) is 16.1. The molecule has 0 unspecified atom stereocenters. The van der Waals surface area contributed by atoms with E-state index >= 15 is 0 Å². The molecule has 28 heavy (non-hydrogen) atoms. The van der Waals surface area contributed by atoms with Crippen LogP contribution < -0.4 is 0 Å². The zero-order valence-electron chi connectivity index (χ0n) is 16.4. The van der Waals surface area contributed by atoms with E-state index in [4.69, 9.17) is 9.97 Å². The first-order valence-electron chi connectivity index (χ1n) is 9.03. The Balaban J connectivity index is 0.00000225. The zero-order chi connectivity index (χ0) is 19.0. The van der Waals surface area contributed by atoms with Gasteiger partial charge in [-0.15, -0.1) is 35.7 Å². The first-order chi connectivity index (χ1) is 12.9. The van der Waals surface area contributed by atoms with E-state index in [0.717, 1.165) is 34.2 Å². The normalized spacial score (nSPS) is 11.3. The summed E-state index contributed by atoms with van der Waals surface area (Å²) in [5, 5.41) is 0. The molecule has 0 bridgehead atoms. The number of aromatic nitrogens is 4. The van der Waals surface area contributed by atoms with Crippen molar-refractivity contribution in [2.45, 2.75) is 33.1 Å². The molecule has 0 spiro atoms. The molecule has 4 nitrogen and oxygen atoms in total. The van der Waals surface area contributed by atoms with Crippen LogP contribution in [0.2, 0.25) is 0 Å². The molecule has 4 rings (SSSR count). The van der Waals surface area contributed by atoms with Gasteiger partial charge < -0.3 is 9.13 Å². The molecule has 0 aliphatic heterocycles. The molecule has 0 N–H and O–H groups in total. The molecule has 144 valence electrons. The smallest absolute Gasteiger partial charge is 0.435 e. The van der Waals surface area contributed by atoms with Crippen LogP contribution in [0.4, 0.5) is 0 Å². The van der Waals surface area contributed by atoms with Crippen LogP contribution in [0.5, 0.6) is 0 Å². The quantitative estimate of drug-likeness (QED) is 0.329. The fourth-order valence-electron chi connectivity index (χ4n) is 3.11. The largest absolute Gasteiger partial charge is 2.00 e. The van der Waals surface area contributed by atoms with Gasteiger partial charge in [0.05, 0.1) is 11.6 Å².